The van der Waals surface area contributed by atoms with Gasteiger partial charge in [-0.3, -0.25) is 4.79 Å². The molecule has 0 radical (unpaired) electrons. The molecule has 0 aromatic carbocycles. The fourth-order valence-electron chi connectivity index (χ4n) is 3.49. The maximum Gasteiger partial charge on any atom is 0.170 e. The Labute approximate surface area is 98.9 Å². The highest BCUT2D eigenvalue weighted by Crippen LogP contribution is 2.65. The molecule has 0 unspecified atom stereocenters. The third kappa shape index (κ3) is 1.32. The Kier molecular flexibility index (Phi) is 2.20. The summed E-state index contributed by atoms with van der Waals surface area (Å²) < 4.78 is 0.740. The number of carbonyl (C=O) groups excluding carboxylic acids is 1. The number of hydrogen-bond acceptors (Lipinski definition) is 1. The van der Waals surface area contributed by atoms with Crippen molar-refractivity contribution >= 4 is 5.78 Å². The third-order valence-corrected chi connectivity index (χ3v) is 4.89. The SMILES string of the molecule is CC1(C)[C@@H]2CC[C@]1(C)C(=O)C2=C[N+](C)(C)C. The van der Waals surface area contributed by atoms with Crippen molar-refractivity contribution in [3.05, 3.63) is 11.8 Å². The molecule has 0 aromatic heterocycles. The molecule has 0 heterocycles. The van der Waals surface area contributed by atoms with Gasteiger partial charge in [0.25, 0.3) is 0 Å². The molecule has 2 nitrogen and oxygen atoms in total. The highest BCUT2D eigenvalue weighted by Gasteiger charge is 2.64. The van der Waals surface area contributed by atoms with Crippen molar-refractivity contribution in [1.82, 2.24) is 0 Å². The van der Waals surface area contributed by atoms with Crippen LogP contribution < -0.4 is 0 Å². The second kappa shape index (κ2) is 2.98. The minimum absolute atomic E-state index is 0.112. The lowest BCUT2D eigenvalue weighted by Gasteiger charge is -2.31. The number of allylic oxidation sites excluding steroid dienone is 1. The van der Waals surface area contributed by atoms with Crippen LogP contribution in [0.25, 0.3) is 0 Å². The summed E-state index contributed by atoms with van der Waals surface area (Å²) in [5.74, 6) is 0.879. The number of Topliss-reactive ketones (excluding diaryl/α,β-unsaturated/α-hetero) is 1. The van der Waals surface area contributed by atoms with Gasteiger partial charge in [-0.25, -0.2) is 0 Å². The van der Waals surface area contributed by atoms with Crippen LogP contribution in [0, 0.1) is 16.7 Å². The van der Waals surface area contributed by atoms with Crippen molar-refractivity contribution in [1.29, 1.82) is 0 Å². The van der Waals surface area contributed by atoms with E-state index in [0.29, 0.717) is 11.7 Å². The Balaban J connectivity index is 2.49. The van der Waals surface area contributed by atoms with E-state index < -0.39 is 0 Å². The highest BCUT2D eigenvalue weighted by atomic mass is 16.1. The summed E-state index contributed by atoms with van der Waals surface area (Å²) in [7, 11) is 6.34. The minimum Gasteiger partial charge on any atom is -0.304 e. The van der Waals surface area contributed by atoms with Gasteiger partial charge in [-0.15, -0.1) is 0 Å². The molecule has 0 amide bonds. The van der Waals surface area contributed by atoms with Crippen LogP contribution in [0.1, 0.15) is 33.6 Å². The average molecular weight is 222 g/mol. The smallest absolute Gasteiger partial charge is 0.170 e. The van der Waals surface area contributed by atoms with Crippen LogP contribution in [0.15, 0.2) is 11.8 Å². The molecule has 2 atom stereocenters. The first-order valence-corrected chi connectivity index (χ1v) is 6.18. The Bertz CT molecular complexity index is 373. The number of ketones is 1. The monoisotopic (exact) mass is 222 g/mol. The molecular weight excluding hydrogens is 198 g/mol. The molecule has 16 heavy (non-hydrogen) atoms. The first-order valence-electron chi connectivity index (χ1n) is 6.18. The molecular formula is C14H24NO+. The number of fused-ring (bicyclic) bond motifs is 2. The molecule has 0 spiro atoms. The van der Waals surface area contributed by atoms with Crippen molar-refractivity contribution in [2.45, 2.75) is 33.6 Å². The van der Waals surface area contributed by atoms with Crippen molar-refractivity contribution in [2.24, 2.45) is 16.7 Å². The summed E-state index contributed by atoms with van der Waals surface area (Å²) in [6.07, 6.45) is 4.40. The minimum atomic E-state index is -0.112. The number of hydrogen-bond donors (Lipinski definition) is 0. The normalized spacial score (nSPS) is 39.8. The fraction of sp³-hybridized carbons (Fsp3) is 0.786. The molecule has 2 aliphatic carbocycles. The van der Waals surface area contributed by atoms with Crippen LogP contribution in [-0.2, 0) is 4.79 Å². The van der Waals surface area contributed by atoms with Crippen LogP contribution in [-0.4, -0.2) is 31.4 Å². The molecule has 2 rings (SSSR count). The Morgan fingerprint density at radius 1 is 1.25 bits per heavy atom. The van der Waals surface area contributed by atoms with Crippen LogP contribution in [0.3, 0.4) is 0 Å². The van der Waals surface area contributed by atoms with E-state index in [-0.39, 0.29) is 10.8 Å². The maximum absolute atomic E-state index is 12.5. The highest BCUT2D eigenvalue weighted by molar-refractivity contribution is 6.04. The van der Waals surface area contributed by atoms with E-state index in [9.17, 15) is 4.79 Å². The number of carbonyl (C=O) groups is 1. The summed E-state index contributed by atoms with van der Waals surface area (Å²) in [5, 5.41) is 0. The lowest BCUT2D eigenvalue weighted by molar-refractivity contribution is -0.817. The zero-order valence-corrected chi connectivity index (χ0v) is 11.4. The van der Waals surface area contributed by atoms with Crippen LogP contribution in [0.4, 0.5) is 0 Å². The van der Waals surface area contributed by atoms with E-state index in [1.165, 1.54) is 6.42 Å². The van der Waals surface area contributed by atoms with Gasteiger partial charge in [-0.05, 0) is 24.2 Å². The number of rotatable bonds is 1. The van der Waals surface area contributed by atoms with Crippen molar-refractivity contribution in [2.75, 3.05) is 21.1 Å². The molecule has 2 saturated carbocycles. The van der Waals surface area contributed by atoms with Crippen molar-refractivity contribution in [3.8, 4) is 0 Å². The average Bonchev–Trinajstić information content (AvgIpc) is 2.38. The zero-order valence-electron chi connectivity index (χ0n) is 11.4. The Morgan fingerprint density at radius 3 is 2.19 bits per heavy atom. The van der Waals surface area contributed by atoms with E-state index >= 15 is 0 Å². The van der Waals surface area contributed by atoms with Gasteiger partial charge in [0, 0.05) is 5.41 Å². The third-order valence-electron chi connectivity index (χ3n) is 4.89. The quantitative estimate of drug-likeness (QED) is 0.492. The standard InChI is InChI=1S/C14H24NO/c1-13(2)11-7-8-14(13,3)12(16)10(11)9-15(4,5)6/h9,11H,7-8H2,1-6H3/q+1/t11-,14-/m1/s1. The van der Waals surface area contributed by atoms with E-state index in [2.05, 4.69) is 48.1 Å². The first-order chi connectivity index (χ1) is 7.09. The second-order valence-electron chi connectivity index (χ2n) is 7.17. The topological polar surface area (TPSA) is 17.1 Å². The molecule has 0 saturated heterocycles. The van der Waals surface area contributed by atoms with E-state index in [0.717, 1.165) is 16.5 Å². The van der Waals surface area contributed by atoms with E-state index in [1.54, 1.807) is 0 Å². The summed E-state index contributed by atoms with van der Waals surface area (Å²) in [4.78, 5) is 12.5. The van der Waals surface area contributed by atoms with E-state index in [1.807, 2.05) is 0 Å². The van der Waals surface area contributed by atoms with Crippen LogP contribution in [0.2, 0.25) is 0 Å². The molecule has 0 N–H and O–H groups in total. The molecule has 0 aromatic rings. The lowest BCUT2D eigenvalue weighted by atomic mass is 9.70. The van der Waals surface area contributed by atoms with Gasteiger partial charge >= 0.3 is 0 Å². The maximum atomic E-state index is 12.5. The summed E-state index contributed by atoms with van der Waals surface area (Å²) in [6, 6.07) is 0. The Hall–Kier alpha value is -0.630. The Morgan fingerprint density at radius 2 is 1.81 bits per heavy atom. The first kappa shape index (κ1) is 11.8. The van der Waals surface area contributed by atoms with Gasteiger partial charge in [0.2, 0.25) is 0 Å². The van der Waals surface area contributed by atoms with Gasteiger partial charge < -0.3 is 4.48 Å². The van der Waals surface area contributed by atoms with Crippen LogP contribution in [0.5, 0.6) is 0 Å². The number of nitrogens with zero attached hydrogens (tertiary/aromatic N) is 1. The van der Waals surface area contributed by atoms with Gasteiger partial charge in [-0.1, -0.05) is 20.8 Å². The van der Waals surface area contributed by atoms with Gasteiger partial charge in [0.1, 0.15) is 6.20 Å². The molecule has 0 aliphatic heterocycles. The molecule has 2 aliphatic rings. The second-order valence-corrected chi connectivity index (χ2v) is 7.17. The van der Waals surface area contributed by atoms with Gasteiger partial charge in [-0.2, -0.15) is 0 Å². The lowest BCUT2D eigenvalue weighted by Crippen LogP contribution is -2.33. The van der Waals surface area contributed by atoms with Crippen molar-refractivity contribution in [3.63, 3.8) is 0 Å². The summed E-state index contributed by atoms with van der Waals surface area (Å²) in [5.41, 5.74) is 1.12. The predicted octanol–water partition coefficient (Wildman–Crippen LogP) is 2.60. The predicted molar refractivity (Wildman–Crippen MR) is 65.7 cm³/mol. The largest absolute Gasteiger partial charge is 0.304 e. The van der Waals surface area contributed by atoms with E-state index in [4.69, 9.17) is 0 Å². The zero-order chi connectivity index (χ0) is 12.4. The van der Waals surface area contributed by atoms with Gasteiger partial charge in [0.05, 0.1) is 26.7 Å². The summed E-state index contributed by atoms with van der Waals surface area (Å²) >= 11 is 0. The number of quaternary nitrogens is 1. The molecule has 2 bridgehead atoms. The molecule has 2 heteroatoms. The van der Waals surface area contributed by atoms with Crippen LogP contribution >= 0.6 is 0 Å². The fourth-order valence-corrected chi connectivity index (χ4v) is 3.49. The molecule has 90 valence electrons. The summed E-state index contributed by atoms with van der Waals surface area (Å²) in [6.45, 7) is 6.68. The van der Waals surface area contributed by atoms with Crippen molar-refractivity contribution < 1.29 is 9.28 Å². The molecule has 2 fully saturated rings. The van der Waals surface area contributed by atoms with Gasteiger partial charge in [0.15, 0.2) is 5.78 Å².